The molecule has 14 heteroatoms. The molecule has 0 aliphatic carbocycles. The third-order valence-corrected chi connectivity index (χ3v) is 8.71. The molecule has 2 fully saturated rings. The summed E-state index contributed by atoms with van der Waals surface area (Å²) in [5.41, 5.74) is 1.15. The summed E-state index contributed by atoms with van der Waals surface area (Å²) in [7, 11) is -3.65. The van der Waals surface area contributed by atoms with E-state index in [4.69, 9.17) is 21.1 Å². The molecule has 2 aromatic heterocycles. The van der Waals surface area contributed by atoms with Crippen LogP contribution in [-0.4, -0.2) is 89.3 Å². The number of piperidine rings is 1. The Morgan fingerprint density at radius 3 is 2.68 bits per heavy atom. The summed E-state index contributed by atoms with van der Waals surface area (Å²) in [6, 6.07) is 2.79. The fourth-order valence-electron chi connectivity index (χ4n) is 4.54. The first kappa shape index (κ1) is 27.3. The zero-order valence-corrected chi connectivity index (χ0v) is 22.1. The van der Waals surface area contributed by atoms with Crippen molar-refractivity contribution in [3.63, 3.8) is 0 Å². The number of pyridine rings is 1. The van der Waals surface area contributed by atoms with Crippen LogP contribution in [0.25, 0.3) is 11.5 Å². The molecule has 2 saturated heterocycles. The van der Waals surface area contributed by atoms with Gasteiger partial charge in [0.05, 0.1) is 37.3 Å². The largest absolute Gasteiger partial charge is 0.508 e. The molecule has 1 amide bonds. The number of nitrogens with zero attached hydrogens (tertiary/aromatic N) is 4. The number of sulfonamides is 1. The van der Waals surface area contributed by atoms with Gasteiger partial charge in [0.15, 0.2) is 11.0 Å². The zero-order valence-electron chi connectivity index (χ0n) is 20.5. The molecule has 4 rings (SSSR count). The van der Waals surface area contributed by atoms with Gasteiger partial charge in [-0.25, -0.2) is 31.9 Å². The number of hydrogen-bond acceptors (Lipinski definition) is 8. The summed E-state index contributed by atoms with van der Waals surface area (Å²) in [6.07, 6.45) is 0.252. The first-order valence-electron chi connectivity index (χ1n) is 12.0. The highest BCUT2D eigenvalue weighted by molar-refractivity contribution is 7.89. The molecule has 0 spiro atoms. The van der Waals surface area contributed by atoms with Gasteiger partial charge in [0.25, 0.3) is 0 Å². The van der Waals surface area contributed by atoms with Crippen molar-refractivity contribution in [2.75, 3.05) is 38.5 Å². The Balaban J connectivity index is 1.29. The first-order valence-corrected chi connectivity index (χ1v) is 14.0. The van der Waals surface area contributed by atoms with E-state index < -0.39 is 28.1 Å². The maximum Gasteiger partial charge on any atom is 0.508 e. The molecule has 1 N–H and O–H groups in total. The smallest absolute Gasteiger partial charge is 0.435 e. The number of halogens is 2. The van der Waals surface area contributed by atoms with E-state index in [0.717, 1.165) is 6.20 Å². The van der Waals surface area contributed by atoms with Gasteiger partial charge in [0, 0.05) is 25.4 Å². The maximum absolute atomic E-state index is 13.2. The van der Waals surface area contributed by atoms with E-state index in [1.54, 1.807) is 6.92 Å². The molecule has 2 aromatic rings. The molecule has 0 bridgehead atoms. The van der Waals surface area contributed by atoms with Crippen LogP contribution in [-0.2, 0) is 24.3 Å². The standard InChI is InChI=1S/C23H29ClFN5O6S/c1-3-35-23(32)36-16-12-29(13-16)19(31)7-9-37(33,34)30-8-6-17(14(2)11-30)20-21(24)28-22(27-20)18-5-4-15(25)10-26-18/h4-5,10,14,16-17H,3,6-9,11-13H2,1-2H3,(H,27,28)/t14-,17+/m0/s1. The van der Waals surface area contributed by atoms with Crippen LogP contribution in [0.2, 0.25) is 5.15 Å². The fraction of sp³-hybridized carbons (Fsp3) is 0.565. The SMILES string of the molecule is CCOC(=O)OC1CN(C(=O)CCS(=O)(=O)N2CC[C@@H](c3[nH]c(-c4ccc(F)cn4)nc3Cl)[C@@H](C)C2)C1. The van der Waals surface area contributed by atoms with Gasteiger partial charge in [-0.3, -0.25) is 4.79 Å². The lowest BCUT2D eigenvalue weighted by Gasteiger charge is -2.38. The Bertz CT molecular complexity index is 1230. The molecule has 2 aliphatic rings. The number of H-pyrrole nitrogens is 1. The molecule has 0 radical (unpaired) electrons. The van der Waals surface area contributed by atoms with Gasteiger partial charge in [-0.2, -0.15) is 0 Å². The molecule has 4 heterocycles. The van der Waals surface area contributed by atoms with Crippen LogP contribution >= 0.6 is 11.6 Å². The van der Waals surface area contributed by atoms with E-state index in [9.17, 15) is 22.4 Å². The second-order valence-electron chi connectivity index (χ2n) is 9.17. The van der Waals surface area contributed by atoms with Crippen LogP contribution in [0.15, 0.2) is 18.3 Å². The number of nitrogens with one attached hydrogen (secondary N) is 1. The molecular weight excluding hydrogens is 529 g/mol. The average molecular weight is 558 g/mol. The minimum atomic E-state index is -3.65. The predicted octanol–water partition coefficient (Wildman–Crippen LogP) is 2.79. The maximum atomic E-state index is 13.2. The van der Waals surface area contributed by atoms with E-state index in [1.165, 1.54) is 21.3 Å². The van der Waals surface area contributed by atoms with Gasteiger partial charge in [-0.1, -0.05) is 18.5 Å². The minimum Gasteiger partial charge on any atom is -0.435 e. The summed E-state index contributed by atoms with van der Waals surface area (Å²) < 4.78 is 50.2. The second-order valence-corrected chi connectivity index (χ2v) is 11.6. The Hall–Kier alpha value is -2.77. The lowest BCUT2D eigenvalue weighted by molar-refractivity contribution is -0.142. The summed E-state index contributed by atoms with van der Waals surface area (Å²) in [5, 5.41) is 0.277. The van der Waals surface area contributed by atoms with Gasteiger partial charge in [-0.05, 0) is 31.4 Å². The second kappa shape index (κ2) is 11.3. The number of aromatic amines is 1. The number of ether oxygens (including phenoxy) is 2. The van der Waals surface area contributed by atoms with Gasteiger partial charge >= 0.3 is 6.16 Å². The van der Waals surface area contributed by atoms with Gasteiger partial charge in [0.2, 0.25) is 15.9 Å². The lowest BCUT2D eigenvalue weighted by Crippen LogP contribution is -2.55. The highest BCUT2D eigenvalue weighted by Gasteiger charge is 2.37. The number of amides is 1. The normalized spacial score (nSPS) is 20.9. The van der Waals surface area contributed by atoms with Crippen LogP contribution in [0.1, 0.15) is 38.3 Å². The molecule has 0 saturated carbocycles. The van der Waals surface area contributed by atoms with Crippen LogP contribution < -0.4 is 0 Å². The monoisotopic (exact) mass is 557 g/mol. The van der Waals surface area contributed by atoms with Crippen LogP contribution in [0, 0.1) is 11.7 Å². The third kappa shape index (κ3) is 6.39. The van der Waals surface area contributed by atoms with Crippen molar-refractivity contribution in [2.45, 2.75) is 38.7 Å². The molecule has 2 atom stereocenters. The minimum absolute atomic E-state index is 0.0558. The quantitative estimate of drug-likeness (QED) is 0.490. The van der Waals surface area contributed by atoms with Crippen molar-refractivity contribution in [3.8, 4) is 11.5 Å². The Morgan fingerprint density at radius 2 is 2.03 bits per heavy atom. The van der Waals surface area contributed by atoms with E-state index >= 15 is 0 Å². The van der Waals surface area contributed by atoms with Crippen molar-refractivity contribution in [3.05, 3.63) is 35.0 Å². The van der Waals surface area contributed by atoms with Crippen LogP contribution in [0.5, 0.6) is 0 Å². The Labute approximate surface area is 219 Å². The number of hydrogen-bond donors (Lipinski definition) is 1. The summed E-state index contributed by atoms with van der Waals surface area (Å²) in [5.74, 6) is -0.762. The molecule has 0 unspecified atom stereocenters. The average Bonchev–Trinajstić information content (AvgIpc) is 3.21. The van der Waals surface area contributed by atoms with Gasteiger partial charge in [-0.15, -0.1) is 0 Å². The summed E-state index contributed by atoms with van der Waals surface area (Å²) in [4.78, 5) is 36.7. The number of carbonyl (C=O) groups excluding carboxylic acids is 2. The predicted molar refractivity (Wildman–Crippen MR) is 132 cm³/mol. The van der Waals surface area contributed by atoms with Crippen molar-refractivity contribution in [2.24, 2.45) is 5.92 Å². The number of aromatic nitrogens is 3. The van der Waals surface area contributed by atoms with Crippen molar-refractivity contribution in [1.29, 1.82) is 0 Å². The highest BCUT2D eigenvalue weighted by Crippen LogP contribution is 2.37. The molecule has 202 valence electrons. The third-order valence-electron chi connectivity index (χ3n) is 6.59. The topological polar surface area (TPSA) is 135 Å². The number of likely N-dealkylation sites (tertiary alicyclic amines) is 1. The van der Waals surface area contributed by atoms with E-state index in [1.807, 2.05) is 6.92 Å². The molecule has 37 heavy (non-hydrogen) atoms. The number of rotatable bonds is 8. The fourth-order valence-corrected chi connectivity index (χ4v) is 6.35. The highest BCUT2D eigenvalue weighted by atomic mass is 35.5. The number of carbonyl (C=O) groups is 2. The summed E-state index contributed by atoms with van der Waals surface area (Å²) >= 11 is 6.39. The van der Waals surface area contributed by atoms with Gasteiger partial charge in [0.1, 0.15) is 17.6 Å². The van der Waals surface area contributed by atoms with Crippen molar-refractivity contribution < 1.29 is 31.9 Å². The summed E-state index contributed by atoms with van der Waals surface area (Å²) in [6.45, 7) is 4.81. The molecule has 11 nitrogen and oxygen atoms in total. The van der Waals surface area contributed by atoms with E-state index in [2.05, 4.69) is 15.0 Å². The first-order chi connectivity index (χ1) is 17.6. The zero-order chi connectivity index (χ0) is 26.7. The molecule has 0 aromatic carbocycles. The molecular formula is C23H29ClFN5O6S. The van der Waals surface area contributed by atoms with Crippen molar-refractivity contribution >= 4 is 33.7 Å². The van der Waals surface area contributed by atoms with Crippen LogP contribution in [0.3, 0.4) is 0 Å². The Morgan fingerprint density at radius 1 is 1.27 bits per heavy atom. The van der Waals surface area contributed by atoms with E-state index in [-0.39, 0.29) is 67.9 Å². The number of imidazole rings is 1. The van der Waals surface area contributed by atoms with Gasteiger partial charge < -0.3 is 19.4 Å². The van der Waals surface area contributed by atoms with Crippen molar-refractivity contribution in [1.82, 2.24) is 24.2 Å². The van der Waals surface area contributed by atoms with Crippen LogP contribution in [0.4, 0.5) is 9.18 Å². The Kier molecular flexibility index (Phi) is 8.34. The van der Waals surface area contributed by atoms with E-state index in [0.29, 0.717) is 23.6 Å². The lowest BCUT2D eigenvalue weighted by atomic mass is 9.86. The molecule has 2 aliphatic heterocycles.